The number of piperazine rings is 1. The Morgan fingerprint density at radius 2 is 1.68 bits per heavy atom. The molecule has 0 bridgehead atoms. The van der Waals surface area contributed by atoms with Crippen molar-refractivity contribution in [1.29, 1.82) is 0 Å². The number of para-hydroxylation sites is 2. The Kier molecular flexibility index (Phi) is 4.07. The Morgan fingerprint density at radius 1 is 0.903 bits per heavy atom. The summed E-state index contributed by atoms with van der Waals surface area (Å²) in [6.07, 6.45) is 1.86. The number of nitrogens with one attached hydrogen (secondary N) is 1. The fraction of sp³-hybridized carbons (Fsp3) is 0.200. The molecule has 154 valence electrons. The van der Waals surface area contributed by atoms with Crippen molar-refractivity contribution in [2.45, 2.75) is 0 Å². The second kappa shape index (κ2) is 6.96. The SMILES string of the molecule is CN1CCN(c2ccc(-c3cccc4c3N=Cc3cccc5[nH]c(=O)n-4c35)cc2)CC1. The fourth-order valence-corrected chi connectivity index (χ4v) is 4.65. The normalized spacial score (nSPS) is 15.8. The molecule has 4 aromatic rings. The minimum Gasteiger partial charge on any atom is -0.369 e. The van der Waals surface area contributed by atoms with E-state index in [4.69, 9.17) is 4.99 Å². The highest BCUT2D eigenvalue weighted by atomic mass is 16.1. The van der Waals surface area contributed by atoms with Crippen LogP contribution < -0.4 is 10.6 Å². The van der Waals surface area contributed by atoms with E-state index in [9.17, 15) is 4.79 Å². The molecule has 0 radical (unpaired) electrons. The summed E-state index contributed by atoms with van der Waals surface area (Å²) in [5, 5.41) is 0. The van der Waals surface area contributed by atoms with Gasteiger partial charge in [-0.2, -0.15) is 0 Å². The number of anilines is 1. The molecule has 6 heteroatoms. The lowest BCUT2D eigenvalue weighted by atomic mass is 10.0. The summed E-state index contributed by atoms with van der Waals surface area (Å²) in [5.74, 6) is 0. The highest BCUT2D eigenvalue weighted by Crippen LogP contribution is 2.38. The smallest absolute Gasteiger partial charge is 0.331 e. The summed E-state index contributed by atoms with van der Waals surface area (Å²) in [5.41, 5.74) is 7.47. The third kappa shape index (κ3) is 2.91. The maximum atomic E-state index is 12.8. The van der Waals surface area contributed by atoms with E-state index < -0.39 is 0 Å². The maximum Gasteiger partial charge on any atom is 0.331 e. The lowest BCUT2D eigenvalue weighted by Gasteiger charge is -2.34. The number of aromatic amines is 1. The fourth-order valence-electron chi connectivity index (χ4n) is 4.65. The number of nitrogens with zero attached hydrogens (tertiary/aromatic N) is 4. The number of hydrogen-bond donors (Lipinski definition) is 1. The molecule has 1 N–H and O–H groups in total. The van der Waals surface area contributed by atoms with Crippen LogP contribution in [-0.4, -0.2) is 53.9 Å². The van der Waals surface area contributed by atoms with E-state index in [0.29, 0.717) is 0 Å². The standard InChI is InChI=1S/C25H23N5O/c1-28-12-14-29(15-13-28)19-10-8-17(9-11-19)20-5-3-7-22-23(20)26-16-18-4-2-6-21-24(18)30(22)25(31)27-21/h2-11,16H,12-15H2,1H3,(H,27,31). The molecule has 0 amide bonds. The molecule has 3 aromatic carbocycles. The molecule has 0 aliphatic carbocycles. The number of benzene rings is 3. The summed E-state index contributed by atoms with van der Waals surface area (Å²) in [6, 6.07) is 20.6. The van der Waals surface area contributed by atoms with Gasteiger partial charge in [-0.3, -0.25) is 9.56 Å². The number of H-pyrrole nitrogens is 1. The zero-order chi connectivity index (χ0) is 20.9. The van der Waals surface area contributed by atoms with E-state index in [1.165, 1.54) is 5.69 Å². The van der Waals surface area contributed by atoms with E-state index in [-0.39, 0.29) is 5.69 Å². The van der Waals surface area contributed by atoms with Crippen molar-refractivity contribution in [3.63, 3.8) is 0 Å². The van der Waals surface area contributed by atoms with Crippen LogP contribution in [0, 0.1) is 0 Å². The van der Waals surface area contributed by atoms with Gasteiger partial charge < -0.3 is 14.8 Å². The number of imidazole rings is 1. The molecule has 6 nitrogen and oxygen atoms in total. The average Bonchev–Trinajstić information content (AvgIpc) is 3.03. The Morgan fingerprint density at radius 3 is 2.48 bits per heavy atom. The van der Waals surface area contributed by atoms with Crippen LogP contribution in [0.15, 0.2) is 70.5 Å². The molecule has 2 aliphatic heterocycles. The minimum absolute atomic E-state index is 0.142. The Balaban J connectivity index is 1.45. The Hall–Kier alpha value is -3.64. The zero-order valence-corrected chi connectivity index (χ0v) is 17.4. The van der Waals surface area contributed by atoms with Crippen molar-refractivity contribution in [3.05, 3.63) is 76.7 Å². The van der Waals surface area contributed by atoms with Gasteiger partial charge in [-0.1, -0.05) is 36.4 Å². The lowest BCUT2D eigenvalue weighted by molar-refractivity contribution is 0.313. The largest absolute Gasteiger partial charge is 0.369 e. The molecule has 6 rings (SSSR count). The van der Waals surface area contributed by atoms with Crippen molar-refractivity contribution in [2.75, 3.05) is 38.1 Å². The van der Waals surface area contributed by atoms with Crippen molar-refractivity contribution >= 4 is 28.6 Å². The topological polar surface area (TPSA) is 56.6 Å². The van der Waals surface area contributed by atoms with Gasteiger partial charge in [0.25, 0.3) is 0 Å². The molecule has 1 aromatic heterocycles. The van der Waals surface area contributed by atoms with Crippen LogP contribution in [0.3, 0.4) is 0 Å². The van der Waals surface area contributed by atoms with Crippen LogP contribution >= 0.6 is 0 Å². The lowest BCUT2D eigenvalue weighted by Crippen LogP contribution is -2.44. The highest BCUT2D eigenvalue weighted by Gasteiger charge is 2.20. The van der Waals surface area contributed by atoms with E-state index in [0.717, 1.165) is 65.3 Å². The minimum atomic E-state index is -0.142. The second-order valence-electron chi connectivity index (χ2n) is 8.28. The Labute approximate surface area is 180 Å². The van der Waals surface area contributed by atoms with Crippen molar-refractivity contribution in [2.24, 2.45) is 4.99 Å². The van der Waals surface area contributed by atoms with Crippen LogP contribution in [0.25, 0.3) is 27.8 Å². The molecule has 0 unspecified atom stereocenters. The molecule has 0 atom stereocenters. The number of rotatable bonds is 2. The first-order valence-corrected chi connectivity index (χ1v) is 10.6. The number of aliphatic imine (C=N–C) groups is 1. The van der Waals surface area contributed by atoms with Gasteiger partial charge in [-0.05, 0) is 36.9 Å². The quantitative estimate of drug-likeness (QED) is 0.483. The first-order chi connectivity index (χ1) is 15.2. The Bertz CT molecular complexity index is 1370. The predicted octanol–water partition coefficient (Wildman–Crippen LogP) is 3.80. The molecular formula is C25H23N5O. The zero-order valence-electron chi connectivity index (χ0n) is 17.4. The predicted molar refractivity (Wildman–Crippen MR) is 126 cm³/mol. The third-order valence-corrected chi connectivity index (χ3v) is 6.37. The maximum absolute atomic E-state index is 12.8. The van der Waals surface area contributed by atoms with Gasteiger partial charge >= 0.3 is 5.69 Å². The van der Waals surface area contributed by atoms with Crippen molar-refractivity contribution < 1.29 is 0 Å². The summed E-state index contributed by atoms with van der Waals surface area (Å²) in [7, 11) is 2.17. The monoisotopic (exact) mass is 409 g/mol. The molecule has 1 saturated heterocycles. The van der Waals surface area contributed by atoms with Gasteiger partial charge in [-0.25, -0.2) is 4.79 Å². The van der Waals surface area contributed by atoms with E-state index in [2.05, 4.69) is 52.2 Å². The highest BCUT2D eigenvalue weighted by molar-refractivity contribution is 6.02. The summed E-state index contributed by atoms with van der Waals surface area (Å²) >= 11 is 0. The van der Waals surface area contributed by atoms with Gasteiger partial charge in [0, 0.05) is 49.2 Å². The molecule has 1 fully saturated rings. The summed E-state index contributed by atoms with van der Waals surface area (Å²) in [4.78, 5) is 25.4. The third-order valence-electron chi connectivity index (χ3n) is 6.37. The number of likely N-dealkylation sites (N-methyl/N-ethyl adjacent to an activating group) is 1. The number of hydrogen-bond acceptors (Lipinski definition) is 4. The van der Waals surface area contributed by atoms with E-state index >= 15 is 0 Å². The average molecular weight is 409 g/mol. The summed E-state index contributed by atoms with van der Waals surface area (Å²) in [6.45, 7) is 4.27. The van der Waals surface area contributed by atoms with Crippen LogP contribution in [-0.2, 0) is 0 Å². The number of fused-ring (bicyclic) bond motifs is 2. The van der Waals surface area contributed by atoms with Crippen LogP contribution in [0.1, 0.15) is 5.56 Å². The second-order valence-corrected chi connectivity index (χ2v) is 8.28. The molecule has 3 heterocycles. The van der Waals surface area contributed by atoms with Gasteiger partial charge in [0.15, 0.2) is 0 Å². The van der Waals surface area contributed by atoms with Crippen LogP contribution in [0.4, 0.5) is 11.4 Å². The molecule has 31 heavy (non-hydrogen) atoms. The van der Waals surface area contributed by atoms with Gasteiger partial charge in [0.1, 0.15) is 0 Å². The molecule has 0 saturated carbocycles. The van der Waals surface area contributed by atoms with Crippen LogP contribution in [0.2, 0.25) is 0 Å². The number of aromatic nitrogens is 2. The molecule has 2 aliphatic rings. The van der Waals surface area contributed by atoms with Crippen LogP contribution in [0.5, 0.6) is 0 Å². The van der Waals surface area contributed by atoms with Crippen molar-refractivity contribution in [1.82, 2.24) is 14.5 Å². The molecular weight excluding hydrogens is 386 g/mol. The summed E-state index contributed by atoms with van der Waals surface area (Å²) < 4.78 is 1.75. The van der Waals surface area contributed by atoms with Crippen molar-refractivity contribution in [3.8, 4) is 16.8 Å². The first-order valence-electron chi connectivity index (χ1n) is 10.6. The first kappa shape index (κ1) is 18.2. The van der Waals surface area contributed by atoms with Gasteiger partial charge in [-0.15, -0.1) is 0 Å². The molecule has 0 spiro atoms. The van der Waals surface area contributed by atoms with Gasteiger partial charge in [0.05, 0.1) is 22.4 Å². The van der Waals surface area contributed by atoms with Gasteiger partial charge in [0.2, 0.25) is 0 Å². The van der Waals surface area contributed by atoms with E-state index in [1.54, 1.807) is 4.57 Å². The van der Waals surface area contributed by atoms with E-state index in [1.807, 2.05) is 36.5 Å².